The highest BCUT2D eigenvalue weighted by Crippen LogP contribution is 2.38. The molecule has 0 radical (unpaired) electrons. The number of nitrogens with one attached hydrogen (secondary N) is 1. The molecular weight excluding hydrogens is 283 g/mol. The first kappa shape index (κ1) is 17.4. The Labute approximate surface area is 123 Å². The van der Waals surface area contributed by atoms with E-state index in [1.54, 1.807) is 12.1 Å². The average molecular weight is 305 g/mol. The Balaban J connectivity index is 3.07. The fourth-order valence-electron chi connectivity index (χ4n) is 1.70. The van der Waals surface area contributed by atoms with Gasteiger partial charge in [-0.05, 0) is 17.7 Å². The molecule has 1 aromatic rings. The molecule has 0 fully saturated rings. The second-order valence-corrected chi connectivity index (χ2v) is 7.97. The highest BCUT2D eigenvalue weighted by Gasteiger charge is 2.33. The summed E-state index contributed by atoms with van der Waals surface area (Å²) in [6, 6.07) is 4.75. The lowest BCUT2D eigenvalue weighted by molar-refractivity contribution is -0.138. The van der Waals surface area contributed by atoms with Crippen molar-refractivity contribution in [1.82, 2.24) is 5.32 Å². The minimum atomic E-state index is -4.32. The third kappa shape index (κ3) is 5.75. The summed E-state index contributed by atoms with van der Waals surface area (Å²) >= 11 is 1.44. The van der Waals surface area contributed by atoms with E-state index in [2.05, 4.69) is 5.32 Å². The second-order valence-electron chi connectivity index (χ2n) is 6.07. The number of alkyl halides is 3. The zero-order chi connectivity index (χ0) is 15.6. The van der Waals surface area contributed by atoms with Gasteiger partial charge in [0.1, 0.15) is 0 Å². The molecule has 5 heteroatoms. The molecule has 0 aromatic heterocycles. The quantitative estimate of drug-likeness (QED) is 0.777. The van der Waals surface area contributed by atoms with Crippen LogP contribution in [0, 0.1) is 0 Å². The van der Waals surface area contributed by atoms with Crippen molar-refractivity contribution in [3.8, 4) is 0 Å². The van der Waals surface area contributed by atoms with Gasteiger partial charge in [0.15, 0.2) is 0 Å². The van der Waals surface area contributed by atoms with E-state index in [1.165, 1.54) is 17.8 Å². The molecule has 0 aliphatic heterocycles. The predicted molar refractivity (Wildman–Crippen MR) is 79.0 cm³/mol. The van der Waals surface area contributed by atoms with Gasteiger partial charge in [-0.1, -0.05) is 40.7 Å². The Morgan fingerprint density at radius 2 is 1.75 bits per heavy atom. The fourth-order valence-corrected chi connectivity index (χ4v) is 2.72. The number of halogens is 3. The third-order valence-electron chi connectivity index (χ3n) is 2.51. The van der Waals surface area contributed by atoms with Crippen LogP contribution < -0.4 is 5.32 Å². The van der Waals surface area contributed by atoms with Crippen LogP contribution in [0.3, 0.4) is 0 Å². The minimum absolute atomic E-state index is 0.111. The summed E-state index contributed by atoms with van der Waals surface area (Å²) in [5.74, 6) is 0. The van der Waals surface area contributed by atoms with E-state index in [0.29, 0.717) is 10.5 Å². The van der Waals surface area contributed by atoms with E-state index in [1.807, 2.05) is 34.6 Å². The molecule has 0 saturated carbocycles. The minimum Gasteiger partial charge on any atom is -0.310 e. The van der Waals surface area contributed by atoms with Crippen LogP contribution in [0.4, 0.5) is 13.2 Å². The van der Waals surface area contributed by atoms with Crippen molar-refractivity contribution in [2.45, 2.75) is 63.0 Å². The predicted octanol–water partition coefficient (Wildman–Crippen LogP) is 5.09. The van der Waals surface area contributed by atoms with Gasteiger partial charge in [0.25, 0.3) is 0 Å². The maximum atomic E-state index is 13.1. The Morgan fingerprint density at radius 3 is 2.20 bits per heavy atom. The van der Waals surface area contributed by atoms with Crippen molar-refractivity contribution < 1.29 is 13.2 Å². The van der Waals surface area contributed by atoms with E-state index in [9.17, 15) is 13.2 Å². The van der Waals surface area contributed by atoms with E-state index in [-0.39, 0.29) is 17.3 Å². The van der Waals surface area contributed by atoms with Gasteiger partial charge in [-0.25, -0.2) is 0 Å². The first-order valence-electron chi connectivity index (χ1n) is 6.61. The molecule has 0 aliphatic rings. The summed E-state index contributed by atoms with van der Waals surface area (Å²) in [5, 5.41) is 3.04. The molecule has 114 valence electrons. The Hall–Kier alpha value is -0.680. The zero-order valence-corrected chi connectivity index (χ0v) is 13.4. The van der Waals surface area contributed by atoms with Gasteiger partial charge in [-0.15, -0.1) is 11.8 Å². The number of benzene rings is 1. The normalized spacial score (nSPS) is 13.1. The zero-order valence-electron chi connectivity index (χ0n) is 12.6. The van der Waals surface area contributed by atoms with Crippen LogP contribution in [0.25, 0.3) is 0 Å². The Morgan fingerprint density at radius 1 is 1.15 bits per heavy atom. The fraction of sp³-hybridized carbons (Fsp3) is 0.600. The standard InChI is InChI=1S/C15H22F3NS/c1-10(2)19-9-11-6-7-12(20-14(3,4)5)8-13(11)15(16,17)18/h6-8,10,19H,9H2,1-5H3. The van der Waals surface area contributed by atoms with Crippen LogP contribution in [-0.4, -0.2) is 10.8 Å². The van der Waals surface area contributed by atoms with Crippen LogP contribution in [0.2, 0.25) is 0 Å². The molecule has 1 nitrogen and oxygen atoms in total. The number of hydrogen-bond acceptors (Lipinski definition) is 2. The van der Waals surface area contributed by atoms with Crippen molar-refractivity contribution in [2.75, 3.05) is 0 Å². The summed E-state index contributed by atoms with van der Waals surface area (Å²) in [6.45, 7) is 10.0. The lowest BCUT2D eigenvalue weighted by Gasteiger charge is -2.20. The maximum absolute atomic E-state index is 13.1. The monoisotopic (exact) mass is 305 g/mol. The SMILES string of the molecule is CC(C)NCc1ccc(SC(C)(C)C)cc1C(F)(F)F. The lowest BCUT2D eigenvalue weighted by atomic mass is 10.1. The van der Waals surface area contributed by atoms with Crippen LogP contribution in [-0.2, 0) is 12.7 Å². The van der Waals surface area contributed by atoms with E-state index in [4.69, 9.17) is 0 Å². The van der Waals surface area contributed by atoms with Crippen LogP contribution in [0.5, 0.6) is 0 Å². The highest BCUT2D eigenvalue weighted by molar-refractivity contribution is 8.00. The topological polar surface area (TPSA) is 12.0 Å². The van der Waals surface area contributed by atoms with Gasteiger partial charge in [-0.2, -0.15) is 13.2 Å². The van der Waals surface area contributed by atoms with E-state index >= 15 is 0 Å². The molecule has 0 saturated heterocycles. The number of rotatable bonds is 4. The molecule has 0 atom stereocenters. The molecule has 0 aliphatic carbocycles. The average Bonchev–Trinajstić information content (AvgIpc) is 2.23. The highest BCUT2D eigenvalue weighted by atomic mass is 32.2. The van der Waals surface area contributed by atoms with Crippen molar-refractivity contribution in [3.63, 3.8) is 0 Å². The van der Waals surface area contributed by atoms with Crippen molar-refractivity contribution >= 4 is 11.8 Å². The summed E-state index contributed by atoms with van der Waals surface area (Å²) in [6.07, 6.45) is -4.32. The molecule has 0 bridgehead atoms. The summed E-state index contributed by atoms with van der Waals surface area (Å²) in [4.78, 5) is 0.651. The van der Waals surface area contributed by atoms with Crippen LogP contribution in [0.15, 0.2) is 23.1 Å². The van der Waals surface area contributed by atoms with Gasteiger partial charge in [0.2, 0.25) is 0 Å². The summed E-state index contributed by atoms with van der Waals surface area (Å²) in [5.41, 5.74) is -0.246. The van der Waals surface area contributed by atoms with Crippen molar-refractivity contribution in [1.29, 1.82) is 0 Å². The van der Waals surface area contributed by atoms with Crippen molar-refractivity contribution in [2.24, 2.45) is 0 Å². The molecule has 1 N–H and O–H groups in total. The van der Waals surface area contributed by atoms with E-state index in [0.717, 1.165) is 0 Å². The lowest BCUT2D eigenvalue weighted by Crippen LogP contribution is -2.24. The molecular formula is C15H22F3NS. The first-order chi connectivity index (χ1) is 8.99. The molecule has 0 amide bonds. The van der Waals surface area contributed by atoms with Gasteiger partial charge >= 0.3 is 6.18 Å². The molecule has 0 heterocycles. The summed E-state index contributed by atoms with van der Waals surface area (Å²) < 4.78 is 39.3. The molecule has 20 heavy (non-hydrogen) atoms. The number of hydrogen-bond donors (Lipinski definition) is 1. The van der Waals surface area contributed by atoms with Gasteiger partial charge in [0.05, 0.1) is 5.56 Å². The molecule has 1 aromatic carbocycles. The van der Waals surface area contributed by atoms with Gasteiger partial charge < -0.3 is 5.32 Å². The largest absolute Gasteiger partial charge is 0.416 e. The van der Waals surface area contributed by atoms with Gasteiger partial charge in [0, 0.05) is 22.2 Å². The Bertz CT molecular complexity index is 447. The maximum Gasteiger partial charge on any atom is 0.416 e. The smallest absolute Gasteiger partial charge is 0.310 e. The van der Waals surface area contributed by atoms with Crippen LogP contribution in [0.1, 0.15) is 45.7 Å². The first-order valence-corrected chi connectivity index (χ1v) is 7.43. The van der Waals surface area contributed by atoms with Crippen molar-refractivity contribution in [3.05, 3.63) is 29.3 Å². The molecule has 0 unspecified atom stereocenters. The number of thioether (sulfide) groups is 1. The van der Waals surface area contributed by atoms with Crippen LogP contribution >= 0.6 is 11.8 Å². The van der Waals surface area contributed by atoms with Gasteiger partial charge in [-0.3, -0.25) is 0 Å². The summed E-state index contributed by atoms with van der Waals surface area (Å²) in [7, 11) is 0. The third-order valence-corrected chi connectivity index (χ3v) is 3.61. The molecule has 1 rings (SSSR count). The second kappa shape index (κ2) is 6.39. The van der Waals surface area contributed by atoms with E-state index < -0.39 is 11.7 Å². The molecule has 0 spiro atoms. The Kier molecular flexibility index (Phi) is 5.55.